The summed E-state index contributed by atoms with van der Waals surface area (Å²) >= 11 is 0. The van der Waals surface area contributed by atoms with Crippen LogP contribution in [0.4, 0.5) is 17.6 Å². The van der Waals surface area contributed by atoms with Crippen molar-refractivity contribution in [3.8, 4) is 11.3 Å². The van der Waals surface area contributed by atoms with E-state index in [9.17, 15) is 0 Å². The molecule has 1 fully saturated rings. The minimum Gasteiger partial charge on any atom is -0.361 e. The van der Waals surface area contributed by atoms with Gasteiger partial charge in [-0.25, -0.2) is 4.98 Å². The highest BCUT2D eigenvalue weighted by Crippen LogP contribution is 2.39. The molecule has 1 aromatic carbocycles. The Labute approximate surface area is 180 Å². The van der Waals surface area contributed by atoms with Gasteiger partial charge in [-0.1, -0.05) is 35.5 Å². The molecule has 3 aromatic heterocycles. The summed E-state index contributed by atoms with van der Waals surface area (Å²) in [5.74, 6) is 3.59. The molecule has 0 bridgehead atoms. The predicted octanol–water partition coefficient (Wildman–Crippen LogP) is 4.73. The van der Waals surface area contributed by atoms with Gasteiger partial charge in [0, 0.05) is 41.9 Å². The molecule has 0 unspecified atom stereocenters. The van der Waals surface area contributed by atoms with Gasteiger partial charge in [0.25, 0.3) is 0 Å². The first-order valence-corrected chi connectivity index (χ1v) is 10.5. The van der Waals surface area contributed by atoms with Crippen molar-refractivity contribution in [2.45, 2.75) is 39.2 Å². The fourth-order valence-electron chi connectivity index (χ4n) is 3.62. The first-order valence-electron chi connectivity index (χ1n) is 10.5. The second-order valence-electron chi connectivity index (χ2n) is 8.09. The number of benzene rings is 1. The van der Waals surface area contributed by atoms with Crippen LogP contribution in [0.3, 0.4) is 0 Å². The molecule has 1 aliphatic rings. The molecule has 1 saturated carbocycles. The number of nitrogens with zero attached hydrogens (tertiary/aromatic N) is 5. The van der Waals surface area contributed by atoms with Crippen LogP contribution in [0, 0.1) is 13.8 Å². The second-order valence-corrected chi connectivity index (χ2v) is 8.09. The van der Waals surface area contributed by atoms with Crippen molar-refractivity contribution in [2.24, 2.45) is 0 Å². The minimum absolute atomic E-state index is 0.582. The maximum Gasteiger partial charge on any atom is 0.227 e. The Morgan fingerprint density at radius 1 is 1.13 bits per heavy atom. The number of aromatic nitrogens is 5. The number of hydrogen-bond acceptors (Lipinski definition) is 7. The molecule has 0 saturated heterocycles. The molecule has 31 heavy (non-hydrogen) atoms. The van der Waals surface area contributed by atoms with Gasteiger partial charge in [0.05, 0.1) is 12.2 Å². The van der Waals surface area contributed by atoms with Crippen LogP contribution in [0.2, 0.25) is 0 Å². The van der Waals surface area contributed by atoms with Gasteiger partial charge in [-0.15, -0.1) is 0 Å². The van der Waals surface area contributed by atoms with Gasteiger partial charge >= 0.3 is 0 Å². The molecule has 0 atom stereocenters. The zero-order valence-electron chi connectivity index (χ0n) is 17.9. The van der Waals surface area contributed by atoms with Crippen molar-refractivity contribution in [2.75, 3.05) is 17.3 Å². The summed E-state index contributed by atoms with van der Waals surface area (Å²) in [6.07, 6.45) is 2.44. The lowest BCUT2D eigenvalue weighted by Gasteiger charge is -2.18. The molecule has 3 heterocycles. The van der Waals surface area contributed by atoms with Crippen LogP contribution in [0.5, 0.6) is 0 Å². The Morgan fingerprint density at radius 3 is 2.71 bits per heavy atom. The largest absolute Gasteiger partial charge is 0.361 e. The van der Waals surface area contributed by atoms with E-state index in [4.69, 9.17) is 9.51 Å². The molecule has 1 aliphatic carbocycles. The number of anilines is 3. The monoisotopic (exact) mass is 415 g/mol. The van der Waals surface area contributed by atoms with Crippen LogP contribution < -0.4 is 10.2 Å². The van der Waals surface area contributed by atoms with Gasteiger partial charge in [-0.3, -0.25) is 5.10 Å². The summed E-state index contributed by atoms with van der Waals surface area (Å²) in [6, 6.07) is 14.0. The Morgan fingerprint density at radius 2 is 1.94 bits per heavy atom. The van der Waals surface area contributed by atoms with E-state index in [1.807, 2.05) is 62.2 Å². The summed E-state index contributed by atoms with van der Waals surface area (Å²) in [4.78, 5) is 11.4. The number of H-pyrrole nitrogens is 1. The molecule has 8 heteroatoms. The molecular weight excluding hydrogens is 390 g/mol. The third-order valence-corrected chi connectivity index (χ3v) is 5.47. The molecule has 4 aromatic rings. The molecular formula is C23H25N7O. The Balaban J connectivity index is 1.37. The van der Waals surface area contributed by atoms with Crippen LogP contribution in [-0.4, -0.2) is 32.4 Å². The smallest absolute Gasteiger partial charge is 0.227 e. The average Bonchev–Trinajstić information content (AvgIpc) is 3.41. The highest BCUT2D eigenvalue weighted by Gasteiger charge is 2.26. The normalized spacial score (nSPS) is 13.4. The summed E-state index contributed by atoms with van der Waals surface area (Å²) in [7, 11) is 1.97. The molecule has 2 N–H and O–H groups in total. The summed E-state index contributed by atoms with van der Waals surface area (Å²) in [5, 5.41) is 15.1. The third kappa shape index (κ3) is 4.14. The van der Waals surface area contributed by atoms with E-state index in [2.05, 4.69) is 31.7 Å². The highest BCUT2D eigenvalue weighted by atomic mass is 16.5. The molecule has 0 spiro atoms. The lowest BCUT2D eigenvalue weighted by atomic mass is 10.1. The Bertz CT molecular complexity index is 1190. The Kier molecular flexibility index (Phi) is 4.89. The minimum atomic E-state index is 0.582. The van der Waals surface area contributed by atoms with Gasteiger partial charge in [-0.2, -0.15) is 10.1 Å². The van der Waals surface area contributed by atoms with E-state index in [0.29, 0.717) is 18.4 Å². The number of hydrogen-bond donors (Lipinski definition) is 2. The van der Waals surface area contributed by atoms with E-state index in [0.717, 1.165) is 45.6 Å². The number of rotatable bonds is 7. The zero-order chi connectivity index (χ0) is 21.4. The van der Waals surface area contributed by atoms with E-state index in [1.165, 1.54) is 12.8 Å². The fourth-order valence-corrected chi connectivity index (χ4v) is 3.62. The van der Waals surface area contributed by atoms with Crippen molar-refractivity contribution in [1.29, 1.82) is 0 Å². The predicted molar refractivity (Wildman–Crippen MR) is 119 cm³/mol. The molecule has 0 amide bonds. The van der Waals surface area contributed by atoms with Crippen molar-refractivity contribution >= 4 is 17.6 Å². The quantitative estimate of drug-likeness (QED) is 0.450. The van der Waals surface area contributed by atoms with Crippen LogP contribution >= 0.6 is 0 Å². The van der Waals surface area contributed by atoms with Crippen molar-refractivity contribution in [3.05, 3.63) is 65.2 Å². The van der Waals surface area contributed by atoms with E-state index < -0.39 is 0 Å². The molecule has 5 rings (SSSR count). The Hall–Kier alpha value is -3.68. The van der Waals surface area contributed by atoms with Crippen LogP contribution in [-0.2, 0) is 6.54 Å². The highest BCUT2D eigenvalue weighted by molar-refractivity contribution is 5.64. The second kappa shape index (κ2) is 7.86. The number of aryl methyl sites for hydroxylation is 2. The first-order chi connectivity index (χ1) is 15.1. The maximum absolute atomic E-state index is 5.50. The number of nitrogens with one attached hydrogen (secondary N) is 2. The van der Waals surface area contributed by atoms with Gasteiger partial charge in [0.1, 0.15) is 23.1 Å². The molecule has 8 nitrogen and oxygen atoms in total. The SMILES string of the molecule is Cc1cc(Nc2cc(C3CC3)n[nH]2)nc(N(C)Cc2c(-c3ccccc3)noc2C)n1. The lowest BCUT2D eigenvalue weighted by Crippen LogP contribution is -2.20. The first kappa shape index (κ1) is 19.3. The van der Waals surface area contributed by atoms with Gasteiger partial charge in [0.2, 0.25) is 5.95 Å². The van der Waals surface area contributed by atoms with E-state index in [-0.39, 0.29) is 0 Å². The maximum atomic E-state index is 5.50. The lowest BCUT2D eigenvalue weighted by molar-refractivity contribution is 0.398. The van der Waals surface area contributed by atoms with E-state index in [1.54, 1.807) is 0 Å². The third-order valence-electron chi connectivity index (χ3n) is 5.47. The molecule has 0 aliphatic heterocycles. The van der Waals surface area contributed by atoms with E-state index >= 15 is 0 Å². The van der Waals surface area contributed by atoms with Gasteiger partial charge in [0.15, 0.2) is 0 Å². The van der Waals surface area contributed by atoms with Gasteiger partial charge < -0.3 is 14.7 Å². The molecule has 158 valence electrons. The van der Waals surface area contributed by atoms with Crippen LogP contribution in [0.1, 0.15) is 41.5 Å². The summed E-state index contributed by atoms with van der Waals surface area (Å²) in [6.45, 7) is 4.48. The van der Waals surface area contributed by atoms with Crippen molar-refractivity contribution in [3.63, 3.8) is 0 Å². The van der Waals surface area contributed by atoms with Crippen LogP contribution in [0.15, 0.2) is 47.0 Å². The van der Waals surface area contributed by atoms with Crippen molar-refractivity contribution in [1.82, 2.24) is 25.3 Å². The van der Waals surface area contributed by atoms with Gasteiger partial charge in [-0.05, 0) is 26.7 Å². The topological polar surface area (TPSA) is 95.8 Å². The fraction of sp³-hybridized carbons (Fsp3) is 0.304. The summed E-state index contributed by atoms with van der Waals surface area (Å²) < 4.78 is 5.50. The van der Waals surface area contributed by atoms with Crippen molar-refractivity contribution < 1.29 is 4.52 Å². The molecule has 0 radical (unpaired) electrons. The summed E-state index contributed by atoms with van der Waals surface area (Å²) in [5.41, 5.74) is 4.89. The average molecular weight is 416 g/mol. The number of aromatic amines is 1. The standard InChI is InChI=1S/C23H25N7O/c1-14-11-20(25-21-12-19(27-28-21)16-9-10-16)26-23(24-14)30(3)13-18-15(2)31-29-22(18)17-7-5-4-6-8-17/h4-8,11-12,16H,9-10,13H2,1-3H3,(H2,24,25,26,27,28). The van der Waals surface area contributed by atoms with Crippen LogP contribution in [0.25, 0.3) is 11.3 Å². The zero-order valence-corrected chi connectivity index (χ0v) is 17.9.